The number of rotatable bonds is 2. The summed E-state index contributed by atoms with van der Waals surface area (Å²) in [6.07, 6.45) is 3.71. The summed E-state index contributed by atoms with van der Waals surface area (Å²) in [5.74, 6) is 0.319. The Kier molecular flexibility index (Phi) is 4.08. The molecule has 2 aromatic rings. The van der Waals surface area contributed by atoms with Crippen LogP contribution in [0.1, 0.15) is 35.6 Å². The Morgan fingerprint density at radius 1 is 1.27 bits per heavy atom. The number of pyridine rings is 1. The quantitative estimate of drug-likeness (QED) is 0.861. The van der Waals surface area contributed by atoms with Crippen molar-refractivity contribution >= 4 is 5.69 Å². The minimum Gasteiger partial charge on any atom is -0.399 e. The number of aryl methyl sites for hydroxylation is 1. The number of nitriles is 1. The Morgan fingerprint density at radius 3 is 2.77 bits per heavy atom. The molecule has 1 fully saturated rings. The van der Waals surface area contributed by atoms with Gasteiger partial charge in [-0.05, 0) is 49.1 Å². The highest BCUT2D eigenvalue weighted by molar-refractivity contribution is 5.71. The van der Waals surface area contributed by atoms with E-state index in [0.29, 0.717) is 17.2 Å². The van der Waals surface area contributed by atoms with Gasteiger partial charge in [-0.15, -0.1) is 0 Å². The van der Waals surface area contributed by atoms with E-state index in [1.807, 2.05) is 37.4 Å². The average molecular weight is 293 g/mol. The molecule has 0 unspecified atom stereocenters. The average Bonchev–Trinajstić information content (AvgIpc) is 2.57. The minimum atomic E-state index is 0.319. The molecule has 1 aromatic heterocycles. The van der Waals surface area contributed by atoms with Crippen LogP contribution in [0.25, 0.3) is 11.1 Å². The highest BCUT2D eigenvalue weighted by Crippen LogP contribution is 2.31. The fourth-order valence-corrected chi connectivity index (χ4v) is 2.96. The van der Waals surface area contributed by atoms with Gasteiger partial charge in [-0.1, -0.05) is 6.07 Å². The van der Waals surface area contributed by atoms with Crippen molar-refractivity contribution in [3.63, 3.8) is 0 Å². The normalized spacial score (nSPS) is 15.5. The molecule has 0 spiro atoms. The summed E-state index contributed by atoms with van der Waals surface area (Å²) in [5.41, 5.74) is 11.3. The first kappa shape index (κ1) is 14.6. The van der Waals surface area contributed by atoms with Crippen molar-refractivity contribution in [3.05, 3.63) is 47.3 Å². The number of hydrogen-bond donors (Lipinski definition) is 1. The lowest BCUT2D eigenvalue weighted by molar-refractivity contribution is 0.0844. The molecule has 1 aromatic carbocycles. The summed E-state index contributed by atoms with van der Waals surface area (Å²) >= 11 is 0. The van der Waals surface area contributed by atoms with Crippen LogP contribution in [-0.4, -0.2) is 18.2 Å². The van der Waals surface area contributed by atoms with Crippen molar-refractivity contribution in [3.8, 4) is 17.2 Å². The van der Waals surface area contributed by atoms with Gasteiger partial charge in [-0.25, -0.2) is 0 Å². The second-order valence-electron chi connectivity index (χ2n) is 5.73. The lowest BCUT2D eigenvalue weighted by Crippen LogP contribution is -2.16. The molecule has 0 amide bonds. The molecular formula is C18H19N3O. The summed E-state index contributed by atoms with van der Waals surface area (Å²) in [6, 6.07) is 10.0. The predicted molar refractivity (Wildman–Crippen MR) is 86.3 cm³/mol. The fraction of sp³-hybridized carbons (Fsp3) is 0.333. The van der Waals surface area contributed by atoms with E-state index in [1.54, 1.807) is 0 Å². The zero-order valence-corrected chi connectivity index (χ0v) is 12.7. The molecule has 4 nitrogen and oxygen atoms in total. The van der Waals surface area contributed by atoms with Crippen LogP contribution in [-0.2, 0) is 4.74 Å². The first-order valence-electron chi connectivity index (χ1n) is 7.53. The van der Waals surface area contributed by atoms with Gasteiger partial charge in [0, 0.05) is 36.6 Å². The van der Waals surface area contributed by atoms with Gasteiger partial charge in [0.15, 0.2) is 0 Å². The highest BCUT2D eigenvalue weighted by Gasteiger charge is 2.21. The monoisotopic (exact) mass is 293 g/mol. The van der Waals surface area contributed by atoms with Crippen molar-refractivity contribution in [2.45, 2.75) is 25.7 Å². The zero-order valence-electron chi connectivity index (χ0n) is 12.7. The molecule has 4 heteroatoms. The van der Waals surface area contributed by atoms with Gasteiger partial charge in [-0.2, -0.15) is 5.26 Å². The van der Waals surface area contributed by atoms with E-state index in [4.69, 9.17) is 10.5 Å². The van der Waals surface area contributed by atoms with Gasteiger partial charge in [0.25, 0.3) is 0 Å². The first-order chi connectivity index (χ1) is 10.7. The van der Waals surface area contributed by atoms with Crippen molar-refractivity contribution in [1.29, 1.82) is 5.26 Å². The van der Waals surface area contributed by atoms with Gasteiger partial charge < -0.3 is 10.5 Å². The number of aromatic nitrogens is 1. The number of benzene rings is 1. The van der Waals surface area contributed by atoms with Crippen molar-refractivity contribution in [2.24, 2.45) is 0 Å². The maximum atomic E-state index is 9.50. The fourth-order valence-electron chi connectivity index (χ4n) is 2.96. The molecule has 22 heavy (non-hydrogen) atoms. The summed E-state index contributed by atoms with van der Waals surface area (Å²) in [5, 5.41) is 9.50. The smallest absolute Gasteiger partial charge is 0.101 e. The molecule has 0 atom stereocenters. The summed E-state index contributed by atoms with van der Waals surface area (Å²) in [7, 11) is 0. The molecule has 2 heterocycles. The van der Waals surface area contributed by atoms with E-state index in [-0.39, 0.29) is 0 Å². The van der Waals surface area contributed by atoms with Crippen LogP contribution in [0.15, 0.2) is 30.5 Å². The summed E-state index contributed by atoms with van der Waals surface area (Å²) in [4.78, 5) is 4.60. The number of ether oxygens (including phenoxy) is 1. The van der Waals surface area contributed by atoms with Crippen LogP contribution in [0.2, 0.25) is 0 Å². The van der Waals surface area contributed by atoms with Crippen LogP contribution in [0.4, 0.5) is 5.69 Å². The van der Waals surface area contributed by atoms with Gasteiger partial charge in [0.2, 0.25) is 0 Å². The first-order valence-corrected chi connectivity index (χ1v) is 7.53. The second-order valence-corrected chi connectivity index (χ2v) is 5.73. The van der Waals surface area contributed by atoms with E-state index in [1.165, 1.54) is 0 Å². The van der Waals surface area contributed by atoms with E-state index in [9.17, 15) is 5.26 Å². The molecule has 0 saturated carbocycles. The summed E-state index contributed by atoms with van der Waals surface area (Å²) < 4.78 is 5.39. The van der Waals surface area contributed by atoms with Crippen molar-refractivity contribution < 1.29 is 4.74 Å². The Bertz CT molecular complexity index is 728. The van der Waals surface area contributed by atoms with E-state index < -0.39 is 0 Å². The van der Waals surface area contributed by atoms with Crippen LogP contribution in [0, 0.1) is 18.3 Å². The Labute approximate surface area is 130 Å². The van der Waals surface area contributed by atoms with E-state index in [2.05, 4.69) is 11.1 Å². The summed E-state index contributed by atoms with van der Waals surface area (Å²) in [6.45, 7) is 3.52. The second kappa shape index (κ2) is 6.17. The maximum Gasteiger partial charge on any atom is 0.101 e. The van der Waals surface area contributed by atoms with E-state index >= 15 is 0 Å². The Hall–Kier alpha value is -2.38. The number of anilines is 1. The molecule has 0 bridgehead atoms. The number of nitrogens with two attached hydrogens (primary N) is 1. The Balaban J connectivity index is 2.01. The topological polar surface area (TPSA) is 71.9 Å². The molecule has 3 rings (SSSR count). The van der Waals surface area contributed by atoms with Crippen LogP contribution < -0.4 is 5.73 Å². The third kappa shape index (κ3) is 2.81. The zero-order chi connectivity index (χ0) is 15.5. The van der Waals surface area contributed by atoms with Crippen LogP contribution in [0.3, 0.4) is 0 Å². The van der Waals surface area contributed by atoms with Crippen molar-refractivity contribution in [1.82, 2.24) is 4.98 Å². The molecule has 1 saturated heterocycles. The third-order valence-electron chi connectivity index (χ3n) is 4.22. The predicted octanol–water partition coefficient (Wildman–Crippen LogP) is 3.40. The van der Waals surface area contributed by atoms with Gasteiger partial charge in [-0.3, -0.25) is 4.98 Å². The van der Waals surface area contributed by atoms with Gasteiger partial charge >= 0.3 is 0 Å². The number of nitrogens with zero attached hydrogens (tertiary/aromatic N) is 2. The largest absolute Gasteiger partial charge is 0.399 e. The lowest BCUT2D eigenvalue weighted by Gasteiger charge is -2.22. The lowest BCUT2D eigenvalue weighted by atomic mass is 9.91. The number of hydrogen-bond acceptors (Lipinski definition) is 4. The maximum absolute atomic E-state index is 9.50. The molecule has 112 valence electrons. The standard InChI is InChI=1S/C18H19N3O/c1-12-2-3-16(20)9-17(12)15-8-14(10-19)18(21-11-15)13-4-6-22-7-5-13/h2-3,8-9,11,13H,4-7,20H2,1H3. The highest BCUT2D eigenvalue weighted by atomic mass is 16.5. The van der Waals surface area contributed by atoms with Gasteiger partial charge in [0.1, 0.15) is 6.07 Å². The Morgan fingerprint density at radius 2 is 2.05 bits per heavy atom. The molecule has 1 aliphatic rings. The van der Waals surface area contributed by atoms with E-state index in [0.717, 1.165) is 48.4 Å². The van der Waals surface area contributed by atoms with Crippen LogP contribution >= 0.6 is 0 Å². The molecule has 2 N–H and O–H groups in total. The number of nitrogen functional groups attached to an aromatic ring is 1. The van der Waals surface area contributed by atoms with Gasteiger partial charge in [0.05, 0.1) is 11.3 Å². The molecular weight excluding hydrogens is 274 g/mol. The van der Waals surface area contributed by atoms with Crippen molar-refractivity contribution in [2.75, 3.05) is 18.9 Å². The van der Waals surface area contributed by atoms with Crippen LogP contribution in [0.5, 0.6) is 0 Å². The minimum absolute atomic E-state index is 0.319. The SMILES string of the molecule is Cc1ccc(N)cc1-c1cnc(C2CCOCC2)c(C#N)c1. The molecule has 0 aliphatic carbocycles. The third-order valence-corrected chi connectivity index (χ3v) is 4.22. The molecule has 0 radical (unpaired) electrons. The molecule has 1 aliphatic heterocycles.